The highest BCUT2D eigenvalue weighted by atomic mass is 32.2. The first-order valence-corrected chi connectivity index (χ1v) is 9.54. The maximum Gasteiger partial charge on any atom is 0.316 e. The lowest BCUT2D eigenvalue weighted by molar-refractivity contribution is -0.387. The van der Waals surface area contributed by atoms with Gasteiger partial charge in [-0.3, -0.25) is 19.7 Å². The first-order valence-electron chi connectivity index (χ1n) is 8.55. The van der Waals surface area contributed by atoms with Crippen LogP contribution in [0, 0.1) is 24.0 Å². The van der Waals surface area contributed by atoms with Gasteiger partial charge >= 0.3 is 5.97 Å². The molecule has 2 aromatic rings. The molecule has 0 spiro atoms. The second-order valence-electron chi connectivity index (χ2n) is 6.03. The Morgan fingerprint density at radius 3 is 2.64 bits per heavy atom. The highest BCUT2D eigenvalue weighted by molar-refractivity contribution is 8.00. The molecule has 1 aromatic carbocycles. The topological polar surface area (TPSA) is 101 Å². The lowest BCUT2D eigenvalue weighted by Crippen LogP contribution is -2.16. The maximum absolute atomic E-state index is 12.4. The first kappa shape index (κ1) is 21.6. The molecule has 0 aliphatic rings. The maximum atomic E-state index is 12.4. The van der Waals surface area contributed by atoms with E-state index in [-0.39, 0.29) is 23.8 Å². The third-order valence-corrected chi connectivity index (χ3v) is 5.20. The predicted octanol–water partition coefficient (Wildman–Crippen LogP) is 3.18. The van der Waals surface area contributed by atoms with E-state index < -0.39 is 10.9 Å². The van der Waals surface area contributed by atoms with E-state index in [0.29, 0.717) is 23.6 Å². The van der Waals surface area contributed by atoms with E-state index in [0.717, 1.165) is 23.1 Å². The SMILES string of the molecule is COCCn1c(C)cc(C(=O)COC(=O)CSc2ccccc2[N+](=O)[O-])c1C. The minimum absolute atomic E-state index is 0.0696. The van der Waals surface area contributed by atoms with Crippen molar-refractivity contribution < 1.29 is 24.0 Å². The van der Waals surface area contributed by atoms with Crippen LogP contribution in [0.3, 0.4) is 0 Å². The number of esters is 1. The van der Waals surface area contributed by atoms with Crippen LogP contribution >= 0.6 is 11.8 Å². The van der Waals surface area contributed by atoms with Crippen LogP contribution in [0.15, 0.2) is 35.2 Å². The van der Waals surface area contributed by atoms with E-state index in [9.17, 15) is 19.7 Å². The minimum Gasteiger partial charge on any atom is -0.457 e. The van der Waals surface area contributed by atoms with E-state index >= 15 is 0 Å². The van der Waals surface area contributed by atoms with Crippen LogP contribution in [0.1, 0.15) is 21.7 Å². The van der Waals surface area contributed by atoms with Gasteiger partial charge in [0, 0.05) is 36.7 Å². The number of aromatic nitrogens is 1. The minimum atomic E-state index is -0.607. The number of Topliss-reactive ketones (excluding diaryl/α,β-unsaturated/α-hetero) is 1. The van der Waals surface area contributed by atoms with Crippen molar-refractivity contribution in [1.82, 2.24) is 4.57 Å². The third kappa shape index (κ3) is 5.43. The summed E-state index contributed by atoms with van der Waals surface area (Å²) in [4.78, 5) is 35.2. The zero-order chi connectivity index (χ0) is 20.7. The Balaban J connectivity index is 1.91. The standard InChI is InChI=1S/C19H22N2O6S/c1-13-10-15(14(2)20(13)8-9-26-3)17(22)11-27-19(23)12-28-18-7-5-4-6-16(18)21(24)25/h4-7,10H,8-9,11-12H2,1-3H3. The summed E-state index contributed by atoms with van der Waals surface area (Å²) in [5, 5.41) is 11.0. The van der Waals surface area contributed by atoms with Gasteiger partial charge in [-0.15, -0.1) is 11.8 Å². The van der Waals surface area contributed by atoms with Gasteiger partial charge in [-0.25, -0.2) is 0 Å². The van der Waals surface area contributed by atoms with Crippen LogP contribution in [0.25, 0.3) is 0 Å². The summed E-state index contributed by atoms with van der Waals surface area (Å²) >= 11 is 1.00. The van der Waals surface area contributed by atoms with Crippen molar-refractivity contribution in [2.75, 3.05) is 26.1 Å². The average molecular weight is 406 g/mol. The van der Waals surface area contributed by atoms with Gasteiger partial charge in [-0.05, 0) is 26.0 Å². The molecule has 0 unspecified atom stereocenters. The molecule has 0 radical (unpaired) electrons. The smallest absolute Gasteiger partial charge is 0.316 e. The molecule has 150 valence electrons. The van der Waals surface area contributed by atoms with Crippen LogP contribution < -0.4 is 0 Å². The van der Waals surface area contributed by atoms with Crippen molar-refractivity contribution in [1.29, 1.82) is 0 Å². The Morgan fingerprint density at radius 2 is 1.96 bits per heavy atom. The third-order valence-electron chi connectivity index (χ3n) is 4.16. The van der Waals surface area contributed by atoms with Crippen molar-refractivity contribution >= 4 is 29.2 Å². The molecule has 0 bridgehead atoms. The number of carbonyl (C=O) groups is 2. The van der Waals surface area contributed by atoms with Gasteiger partial charge in [0.2, 0.25) is 5.78 Å². The Bertz CT molecular complexity index is 877. The fourth-order valence-electron chi connectivity index (χ4n) is 2.74. The van der Waals surface area contributed by atoms with Gasteiger partial charge in [-0.1, -0.05) is 12.1 Å². The number of ketones is 1. The summed E-state index contributed by atoms with van der Waals surface area (Å²) in [5.41, 5.74) is 2.16. The Labute approximate surface area is 167 Å². The molecule has 0 N–H and O–H groups in total. The van der Waals surface area contributed by atoms with E-state index in [4.69, 9.17) is 9.47 Å². The molecule has 0 saturated heterocycles. The number of hydrogen-bond acceptors (Lipinski definition) is 7. The summed E-state index contributed by atoms with van der Waals surface area (Å²) in [6, 6.07) is 7.92. The molecule has 1 aromatic heterocycles. The fraction of sp³-hybridized carbons (Fsp3) is 0.368. The van der Waals surface area contributed by atoms with E-state index in [2.05, 4.69) is 0 Å². The van der Waals surface area contributed by atoms with Crippen molar-refractivity contribution in [2.45, 2.75) is 25.3 Å². The van der Waals surface area contributed by atoms with Gasteiger partial charge in [0.15, 0.2) is 6.61 Å². The van der Waals surface area contributed by atoms with E-state index in [1.807, 2.05) is 18.4 Å². The van der Waals surface area contributed by atoms with Crippen LogP contribution in [-0.2, 0) is 20.8 Å². The number of hydrogen-bond donors (Lipinski definition) is 0. The molecule has 1 heterocycles. The molecule has 0 atom stereocenters. The zero-order valence-corrected chi connectivity index (χ0v) is 16.8. The van der Waals surface area contributed by atoms with Crippen molar-refractivity contribution in [2.24, 2.45) is 0 Å². The molecule has 0 saturated carbocycles. The highest BCUT2D eigenvalue weighted by Gasteiger charge is 2.18. The number of rotatable bonds is 10. The number of thioether (sulfide) groups is 1. The number of ether oxygens (including phenoxy) is 2. The van der Waals surface area contributed by atoms with Gasteiger partial charge in [-0.2, -0.15) is 0 Å². The fourth-order valence-corrected chi connectivity index (χ4v) is 3.56. The number of nitro benzene ring substituents is 1. The van der Waals surface area contributed by atoms with Crippen LogP contribution in [-0.4, -0.2) is 47.3 Å². The number of methoxy groups -OCH3 is 1. The summed E-state index contributed by atoms with van der Waals surface area (Å²) < 4.78 is 12.1. The molecular weight excluding hydrogens is 384 g/mol. The van der Waals surface area contributed by atoms with Gasteiger partial charge in [0.05, 0.1) is 22.2 Å². The summed E-state index contributed by atoms with van der Waals surface area (Å²) in [6.45, 7) is 4.53. The van der Waals surface area contributed by atoms with Gasteiger partial charge < -0.3 is 14.0 Å². The molecule has 0 fully saturated rings. The Morgan fingerprint density at radius 1 is 1.25 bits per heavy atom. The van der Waals surface area contributed by atoms with Crippen molar-refractivity contribution in [3.8, 4) is 0 Å². The summed E-state index contributed by atoms with van der Waals surface area (Å²) in [7, 11) is 1.61. The normalized spacial score (nSPS) is 10.7. The molecule has 0 aliphatic carbocycles. The molecule has 0 aliphatic heterocycles. The van der Waals surface area contributed by atoms with Crippen LogP contribution in [0.4, 0.5) is 5.69 Å². The van der Waals surface area contributed by atoms with Gasteiger partial charge in [0.25, 0.3) is 5.69 Å². The lowest BCUT2D eigenvalue weighted by Gasteiger charge is -2.09. The molecular formula is C19H22N2O6S. The number of aryl methyl sites for hydroxylation is 1. The molecule has 8 nitrogen and oxygen atoms in total. The average Bonchev–Trinajstić information content (AvgIpc) is 2.96. The zero-order valence-electron chi connectivity index (χ0n) is 16.0. The second-order valence-corrected chi connectivity index (χ2v) is 7.04. The lowest BCUT2D eigenvalue weighted by atomic mass is 10.1. The number of benzene rings is 1. The predicted molar refractivity (Wildman–Crippen MR) is 105 cm³/mol. The quantitative estimate of drug-likeness (QED) is 0.196. The molecule has 9 heteroatoms. The number of nitrogens with zero attached hydrogens (tertiary/aromatic N) is 2. The molecule has 0 amide bonds. The monoisotopic (exact) mass is 406 g/mol. The van der Waals surface area contributed by atoms with E-state index in [1.54, 1.807) is 31.4 Å². The van der Waals surface area contributed by atoms with Crippen LogP contribution in [0.2, 0.25) is 0 Å². The van der Waals surface area contributed by atoms with Crippen molar-refractivity contribution in [3.05, 3.63) is 57.4 Å². The van der Waals surface area contributed by atoms with E-state index in [1.165, 1.54) is 6.07 Å². The highest BCUT2D eigenvalue weighted by Crippen LogP contribution is 2.28. The van der Waals surface area contributed by atoms with Crippen LogP contribution in [0.5, 0.6) is 0 Å². The summed E-state index contributed by atoms with van der Waals surface area (Å²) in [5.74, 6) is -1.02. The van der Waals surface area contributed by atoms with Gasteiger partial charge in [0.1, 0.15) is 0 Å². The molecule has 2 rings (SSSR count). The number of para-hydroxylation sites is 1. The molecule has 28 heavy (non-hydrogen) atoms. The second kappa shape index (κ2) is 10.0. The summed E-state index contributed by atoms with van der Waals surface area (Å²) in [6.07, 6.45) is 0. The number of carbonyl (C=O) groups excluding carboxylic acids is 2. The number of nitro groups is 1. The Kier molecular flexibility index (Phi) is 7.77. The largest absolute Gasteiger partial charge is 0.457 e. The Hall–Kier alpha value is -2.65. The first-order chi connectivity index (χ1) is 13.3. The van der Waals surface area contributed by atoms with Crippen molar-refractivity contribution in [3.63, 3.8) is 0 Å².